The first-order valence-corrected chi connectivity index (χ1v) is 5.24. The van der Waals surface area contributed by atoms with Gasteiger partial charge in [0.15, 0.2) is 0 Å². The quantitative estimate of drug-likeness (QED) is 0.632. The van der Waals surface area contributed by atoms with Crippen molar-refractivity contribution in [2.75, 3.05) is 7.05 Å². The van der Waals surface area contributed by atoms with Gasteiger partial charge < -0.3 is 5.32 Å². The van der Waals surface area contributed by atoms with Crippen LogP contribution in [0.3, 0.4) is 0 Å². The lowest BCUT2D eigenvalue weighted by molar-refractivity contribution is -0.113. The Kier molecular flexibility index (Phi) is 1.76. The van der Waals surface area contributed by atoms with E-state index in [2.05, 4.69) is 33.1 Å². The summed E-state index contributed by atoms with van der Waals surface area (Å²) in [6.45, 7) is 7.32. The number of hydrogen-bond donors (Lipinski definition) is 1. The first kappa shape index (κ1) is 8.55. The highest BCUT2D eigenvalue weighted by atomic mass is 14.9. The van der Waals surface area contributed by atoms with Crippen LogP contribution in [0, 0.1) is 23.2 Å². The van der Waals surface area contributed by atoms with Gasteiger partial charge in [-0.3, -0.25) is 0 Å². The normalized spacial score (nSPS) is 50.0. The van der Waals surface area contributed by atoms with E-state index in [9.17, 15) is 0 Å². The molecule has 1 N–H and O–H groups in total. The predicted molar refractivity (Wildman–Crippen MR) is 52.0 cm³/mol. The van der Waals surface area contributed by atoms with Crippen LogP contribution in [0.1, 0.15) is 33.6 Å². The van der Waals surface area contributed by atoms with Gasteiger partial charge in [-0.05, 0) is 43.1 Å². The van der Waals surface area contributed by atoms with E-state index in [1.807, 2.05) is 0 Å². The lowest BCUT2D eigenvalue weighted by Crippen LogP contribution is -2.59. The summed E-state index contributed by atoms with van der Waals surface area (Å²) in [4.78, 5) is 0. The van der Waals surface area contributed by atoms with Crippen LogP contribution in [-0.2, 0) is 0 Å². The minimum Gasteiger partial charge on any atom is -0.317 e. The maximum absolute atomic E-state index is 3.45. The van der Waals surface area contributed by atoms with Crippen LogP contribution < -0.4 is 5.32 Å². The fraction of sp³-hybridized carbons (Fsp3) is 1.00. The van der Waals surface area contributed by atoms with Gasteiger partial charge in [0.2, 0.25) is 0 Å². The number of nitrogens with one attached hydrogen (secondary N) is 1. The molecule has 2 bridgehead atoms. The van der Waals surface area contributed by atoms with E-state index < -0.39 is 0 Å². The summed E-state index contributed by atoms with van der Waals surface area (Å²) in [5.74, 6) is 2.86. The predicted octanol–water partition coefficient (Wildman–Crippen LogP) is 2.28. The molecule has 3 rings (SSSR count). The highest BCUT2D eigenvalue weighted by molar-refractivity contribution is 5.06. The minimum absolute atomic E-state index is 0.646. The van der Waals surface area contributed by atoms with E-state index >= 15 is 0 Å². The third-order valence-corrected chi connectivity index (χ3v) is 4.72. The van der Waals surface area contributed by atoms with Crippen LogP contribution in [-0.4, -0.2) is 13.1 Å². The SMILES string of the molecule is CN[C@H]1C[C@H]2CC([C@@H]1C)C2(C)C. The van der Waals surface area contributed by atoms with Gasteiger partial charge in [0.05, 0.1) is 0 Å². The van der Waals surface area contributed by atoms with E-state index in [1.54, 1.807) is 0 Å². The average molecular weight is 167 g/mol. The maximum Gasteiger partial charge on any atom is 0.00953 e. The first-order valence-electron chi connectivity index (χ1n) is 5.24. The third kappa shape index (κ3) is 0.891. The molecule has 1 heteroatoms. The summed E-state index contributed by atoms with van der Waals surface area (Å²) in [5, 5.41) is 3.45. The minimum atomic E-state index is 0.646. The second-order valence-corrected chi connectivity index (χ2v) is 5.35. The first-order chi connectivity index (χ1) is 5.57. The smallest absolute Gasteiger partial charge is 0.00953 e. The Morgan fingerprint density at radius 3 is 2.33 bits per heavy atom. The Hall–Kier alpha value is -0.0400. The molecule has 0 amide bonds. The van der Waals surface area contributed by atoms with Crippen molar-refractivity contribution >= 4 is 0 Å². The standard InChI is InChI=1S/C11H21N/c1-7-9-5-8(11(9,2)3)6-10(7)12-4/h7-10,12H,5-6H2,1-4H3/t7-,8+,9?,10-/m0/s1. The lowest BCUT2D eigenvalue weighted by atomic mass is 9.45. The van der Waals surface area contributed by atoms with Crippen LogP contribution in [0.15, 0.2) is 0 Å². The average Bonchev–Trinajstić information content (AvgIpc) is 2.03. The molecule has 12 heavy (non-hydrogen) atoms. The molecule has 3 saturated carbocycles. The Morgan fingerprint density at radius 1 is 1.25 bits per heavy atom. The molecular formula is C11H21N. The van der Waals surface area contributed by atoms with Crippen molar-refractivity contribution in [1.29, 1.82) is 0 Å². The largest absolute Gasteiger partial charge is 0.317 e. The molecule has 3 aliphatic carbocycles. The Balaban J connectivity index is 2.11. The van der Waals surface area contributed by atoms with Gasteiger partial charge in [-0.2, -0.15) is 0 Å². The molecule has 0 aromatic carbocycles. The fourth-order valence-electron chi connectivity index (χ4n) is 3.53. The van der Waals surface area contributed by atoms with E-state index in [-0.39, 0.29) is 0 Å². The maximum atomic E-state index is 3.45. The third-order valence-electron chi connectivity index (χ3n) is 4.72. The molecule has 3 aliphatic rings. The van der Waals surface area contributed by atoms with E-state index in [4.69, 9.17) is 0 Å². The molecule has 4 atom stereocenters. The number of hydrogen-bond acceptors (Lipinski definition) is 1. The zero-order chi connectivity index (χ0) is 8.93. The molecule has 0 saturated heterocycles. The van der Waals surface area contributed by atoms with E-state index in [0.717, 1.165) is 23.8 Å². The Bertz CT molecular complexity index is 185. The lowest BCUT2D eigenvalue weighted by Gasteiger charge is -2.62. The van der Waals surface area contributed by atoms with Crippen LogP contribution in [0.4, 0.5) is 0 Å². The van der Waals surface area contributed by atoms with Crippen LogP contribution >= 0.6 is 0 Å². The highest BCUT2D eigenvalue weighted by Crippen LogP contribution is 2.61. The van der Waals surface area contributed by atoms with Crippen LogP contribution in [0.5, 0.6) is 0 Å². The van der Waals surface area contributed by atoms with Gasteiger partial charge >= 0.3 is 0 Å². The monoisotopic (exact) mass is 167 g/mol. The molecule has 0 aliphatic heterocycles. The molecule has 0 heterocycles. The summed E-state index contributed by atoms with van der Waals surface area (Å²) in [7, 11) is 2.11. The Labute approximate surface area is 75.9 Å². The molecule has 3 fully saturated rings. The van der Waals surface area contributed by atoms with Crippen molar-refractivity contribution in [2.24, 2.45) is 23.2 Å². The molecule has 1 unspecified atom stereocenters. The number of rotatable bonds is 1. The molecular weight excluding hydrogens is 146 g/mol. The summed E-state index contributed by atoms with van der Waals surface area (Å²) in [6, 6.07) is 0.793. The zero-order valence-corrected chi connectivity index (χ0v) is 8.72. The van der Waals surface area contributed by atoms with Crippen LogP contribution in [0.2, 0.25) is 0 Å². The Morgan fingerprint density at radius 2 is 1.92 bits per heavy atom. The second kappa shape index (κ2) is 2.47. The van der Waals surface area contributed by atoms with Crippen molar-refractivity contribution in [3.05, 3.63) is 0 Å². The van der Waals surface area contributed by atoms with Crippen molar-refractivity contribution in [3.8, 4) is 0 Å². The zero-order valence-electron chi connectivity index (χ0n) is 8.72. The van der Waals surface area contributed by atoms with Gasteiger partial charge in [-0.25, -0.2) is 0 Å². The van der Waals surface area contributed by atoms with E-state index in [0.29, 0.717) is 5.41 Å². The van der Waals surface area contributed by atoms with Crippen molar-refractivity contribution in [2.45, 2.75) is 39.7 Å². The van der Waals surface area contributed by atoms with Crippen LogP contribution in [0.25, 0.3) is 0 Å². The second-order valence-electron chi connectivity index (χ2n) is 5.35. The molecule has 0 spiro atoms. The van der Waals surface area contributed by atoms with Gasteiger partial charge in [0, 0.05) is 6.04 Å². The molecule has 70 valence electrons. The molecule has 1 nitrogen and oxygen atoms in total. The van der Waals surface area contributed by atoms with E-state index in [1.165, 1.54) is 12.8 Å². The summed E-state index contributed by atoms with van der Waals surface area (Å²) in [6.07, 6.45) is 2.90. The molecule has 0 aromatic rings. The topological polar surface area (TPSA) is 12.0 Å². The summed E-state index contributed by atoms with van der Waals surface area (Å²) < 4.78 is 0. The fourth-order valence-corrected chi connectivity index (χ4v) is 3.53. The van der Waals surface area contributed by atoms with Gasteiger partial charge in [0.1, 0.15) is 0 Å². The van der Waals surface area contributed by atoms with Gasteiger partial charge in [-0.1, -0.05) is 20.8 Å². The molecule has 0 aromatic heterocycles. The van der Waals surface area contributed by atoms with Gasteiger partial charge in [0.25, 0.3) is 0 Å². The highest BCUT2D eigenvalue weighted by Gasteiger charge is 2.55. The summed E-state index contributed by atoms with van der Waals surface area (Å²) >= 11 is 0. The van der Waals surface area contributed by atoms with Crippen molar-refractivity contribution in [3.63, 3.8) is 0 Å². The number of fused-ring (bicyclic) bond motifs is 2. The summed E-state index contributed by atoms with van der Waals surface area (Å²) in [5.41, 5.74) is 0.646. The van der Waals surface area contributed by atoms with Crippen molar-refractivity contribution in [1.82, 2.24) is 5.32 Å². The molecule has 0 radical (unpaired) electrons. The van der Waals surface area contributed by atoms with Gasteiger partial charge in [-0.15, -0.1) is 0 Å². The van der Waals surface area contributed by atoms with Crippen molar-refractivity contribution < 1.29 is 0 Å².